The van der Waals surface area contributed by atoms with Crippen LogP contribution in [0.15, 0.2) is 0 Å². The lowest BCUT2D eigenvalue weighted by Crippen LogP contribution is -2.35. The molecule has 2 N–H and O–H groups in total. The average molecular weight is 301 g/mol. The second-order valence-corrected chi connectivity index (χ2v) is 4.15. The molecule has 10 heteroatoms. The Labute approximate surface area is 112 Å². The molecule has 108 valence electrons. The maximum absolute atomic E-state index is 12.1. The third-order valence-electron chi connectivity index (χ3n) is 1.76. The van der Waals surface area contributed by atoms with E-state index in [9.17, 15) is 13.2 Å². The molecule has 1 rings (SSSR count). The number of halogens is 4. The van der Waals surface area contributed by atoms with Crippen LogP contribution in [0.3, 0.4) is 0 Å². The molecule has 0 radical (unpaired) electrons. The van der Waals surface area contributed by atoms with Gasteiger partial charge in [-0.05, 0) is 25.4 Å². The van der Waals surface area contributed by atoms with E-state index in [0.29, 0.717) is 0 Å². The fraction of sp³-hybridized carbons (Fsp3) is 0.667. The molecule has 0 saturated heterocycles. The van der Waals surface area contributed by atoms with Crippen LogP contribution in [0.4, 0.5) is 19.1 Å². The van der Waals surface area contributed by atoms with Crippen LogP contribution in [-0.2, 0) is 0 Å². The van der Waals surface area contributed by atoms with Crippen molar-refractivity contribution >= 4 is 17.5 Å². The number of hydrogen-bond acceptors (Lipinski definition) is 6. The van der Waals surface area contributed by atoms with Crippen molar-refractivity contribution in [3.05, 3.63) is 5.28 Å². The Bertz CT molecular complexity index is 430. The summed E-state index contributed by atoms with van der Waals surface area (Å²) < 4.78 is 41.4. The van der Waals surface area contributed by atoms with Gasteiger partial charge < -0.3 is 15.2 Å². The minimum Gasteiger partial charge on any atom is -0.461 e. The van der Waals surface area contributed by atoms with Gasteiger partial charge in [-0.3, -0.25) is 0 Å². The molecule has 0 aliphatic heterocycles. The molecule has 6 nitrogen and oxygen atoms in total. The molecule has 1 unspecified atom stereocenters. The highest BCUT2D eigenvalue weighted by atomic mass is 35.5. The van der Waals surface area contributed by atoms with Gasteiger partial charge in [0.15, 0.2) is 6.10 Å². The molecule has 0 spiro atoms. The van der Waals surface area contributed by atoms with Crippen LogP contribution < -0.4 is 10.1 Å². The first kappa shape index (κ1) is 15.7. The van der Waals surface area contributed by atoms with Gasteiger partial charge in [0.2, 0.25) is 11.2 Å². The fourth-order valence-corrected chi connectivity index (χ4v) is 1.13. The Kier molecular flexibility index (Phi) is 5.12. The SMILES string of the molecule is CC(C)Oc1nc(Cl)nc(NCC(O)C(F)(F)F)n1. The van der Waals surface area contributed by atoms with Crippen molar-refractivity contribution in [2.24, 2.45) is 0 Å². The highest BCUT2D eigenvalue weighted by molar-refractivity contribution is 6.28. The third kappa shape index (κ3) is 5.43. The van der Waals surface area contributed by atoms with E-state index in [-0.39, 0.29) is 23.3 Å². The molecule has 1 aromatic heterocycles. The molecule has 1 atom stereocenters. The lowest BCUT2D eigenvalue weighted by molar-refractivity contribution is -0.198. The first-order valence-electron chi connectivity index (χ1n) is 5.25. The number of nitrogens with one attached hydrogen (secondary N) is 1. The summed E-state index contributed by atoms with van der Waals surface area (Å²) in [6, 6.07) is -0.112. The van der Waals surface area contributed by atoms with Crippen LogP contribution in [0.25, 0.3) is 0 Å². The number of aromatic nitrogens is 3. The number of anilines is 1. The van der Waals surface area contributed by atoms with E-state index in [4.69, 9.17) is 21.4 Å². The van der Waals surface area contributed by atoms with E-state index in [1.54, 1.807) is 13.8 Å². The number of ether oxygens (including phenoxy) is 1. The van der Waals surface area contributed by atoms with Crippen molar-refractivity contribution in [1.29, 1.82) is 0 Å². The van der Waals surface area contributed by atoms with E-state index < -0.39 is 18.8 Å². The zero-order valence-electron chi connectivity index (χ0n) is 10.1. The smallest absolute Gasteiger partial charge is 0.416 e. The van der Waals surface area contributed by atoms with Crippen LogP contribution in [0.5, 0.6) is 6.01 Å². The minimum absolute atomic E-state index is 0.112. The first-order valence-corrected chi connectivity index (χ1v) is 5.63. The van der Waals surface area contributed by atoms with Crippen molar-refractivity contribution in [2.75, 3.05) is 11.9 Å². The molecule has 0 fully saturated rings. The highest BCUT2D eigenvalue weighted by Gasteiger charge is 2.38. The molecular formula is C9H12ClF3N4O2. The lowest BCUT2D eigenvalue weighted by atomic mass is 10.3. The number of alkyl halides is 3. The molecule has 0 aromatic carbocycles. The highest BCUT2D eigenvalue weighted by Crippen LogP contribution is 2.20. The fourth-order valence-electron chi connectivity index (χ4n) is 0.978. The topological polar surface area (TPSA) is 80.2 Å². The zero-order chi connectivity index (χ0) is 14.6. The Hall–Kier alpha value is -1.35. The van der Waals surface area contributed by atoms with E-state index in [1.807, 2.05) is 0 Å². The Balaban J connectivity index is 2.71. The van der Waals surface area contributed by atoms with Crippen LogP contribution in [0, 0.1) is 0 Å². The van der Waals surface area contributed by atoms with E-state index in [1.165, 1.54) is 0 Å². The van der Waals surface area contributed by atoms with Gasteiger partial charge in [0.1, 0.15) is 0 Å². The lowest BCUT2D eigenvalue weighted by Gasteiger charge is -2.15. The maximum atomic E-state index is 12.1. The molecular weight excluding hydrogens is 289 g/mol. The number of rotatable bonds is 5. The van der Waals surface area contributed by atoms with Crippen LogP contribution in [0.2, 0.25) is 5.28 Å². The standard InChI is InChI=1S/C9H12ClF3N4O2/c1-4(2)19-8-16-6(10)15-7(17-8)14-3-5(18)9(11,12)13/h4-5,18H,3H2,1-2H3,(H,14,15,16,17). The van der Waals surface area contributed by atoms with Crippen molar-refractivity contribution in [3.8, 4) is 6.01 Å². The average Bonchev–Trinajstić information content (AvgIpc) is 2.22. The van der Waals surface area contributed by atoms with Gasteiger partial charge in [0.25, 0.3) is 0 Å². The predicted octanol–water partition coefficient (Wildman–Crippen LogP) is 1.65. The summed E-state index contributed by atoms with van der Waals surface area (Å²) in [6.07, 6.45) is -7.48. The molecule has 19 heavy (non-hydrogen) atoms. The maximum Gasteiger partial charge on any atom is 0.416 e. The summed E-state index contributed by atoms with van der Waals surface area (Å²) in [7, 11) is 0. The van der Waals surface area contributed by atoms with Gasteiger partial charge in [-0.1, -0.05) is 0 Å². The summed E-state index contributed by atoms with van der Waals surface area (Å²) in [5, 5.41) is 10.8. The molecule has 0 saturated carbocycles. The predicted molar refractivity (Wildman–Crippen MR) is 61.2 cm³/mol. The van der Waals surface area contributed by atoms with E-state index >= 15 is 0 Å². The molecule has 1 heterocycles. The quantitative estimate of drug-likeness (QED) is 0.860. The van der Waals surface area contributed by atoms with Gasteiger partial charge >= 0.3 is 12.2 Å². The molecule has 0 amide bonds. The summed E-state index contributed by atoms with van der Waals surface area (Å²) >= 11 is 5.57. The monoisotopic (exact) mass is 300 g/mol. The summed E-state index contributed by atoms with van der Waals surface area (Å²) in [4.78, 5) is 10.9. The Morgan fingerprint density at radius 2 is 1.95 bits per heavy atom. The van der Waals surface area contributed by atoms with E-state index in [0.717, 1.165) is 0 Å². The normalized spacial score (nSPS) is 13.5. The van der Waals surface area contributed by atoms with Gasteiger partial charge in [-0.2, -0.15) is 28.1 Å². The largest absolute Gasteiger partial charge is 0.461 e. The molecule has 0 aliphatic carbocycles. The van der Waals surface area contributed by atoms with Crippen LogP contribution >= 0.6 is 11.6 Å². The number of aliphatic hydroxyl groups excluding tert-OH is 1. The summed E-state index contributed by atoms with van der Waals surface area (Å²) in [5.74, 6) is -0.209. The van der Waals surface area contributed by atoms with Crippen molar-refractivity contribution < 1.29 is 23.0 Å². The second-order valence-electron chi connectivity index (χ2n) is 3.82. The Morgan fingerprint density at radius 3 is 2.47 bits per heavy atom. The van der Waals surface area contributed by atoms with E-state index in [2.05, 4.69) is 20.3 Å². The van der Waals surface area contributed by atoms with Gasteiger partial charge in [-0.25, -0.2) is 0 Å². The summed E-state index contributed by atoms with van der Waals surface area (Å²) in [5.41, 5.74) is 0. The first-order chi connectivity index (χ1) is 8.68. The van der Waals surface area contributed by atoms with Crippen molar-refractivity contribution in [1.82, 2.24) is 15.0 Å². The number of aliphatic hydroxyl groups is 1. The minimum atomic E-state index is -4.72. The number of hydrogen-bond donors (Lipinski definition) is 2. The van der Waals surface area contributed by atoms with Gasteiger partial charge in [0.05, 0.1) is 12.6 Å². The van der Waals surface area contributed by atoms with Crippen molar-refractivity contribution in [3.63, 3.8) is 0 Å². The molecule has 1 aromatic rings. The Morgan fingerprint density at radius 1 is 1.32 bits per heavy atom. The van der Waals surface area contributed by atoms with Gasteiger partial charge in [0, 0.05) is 0 Å². The van der Waals surface area contributed by atoms with Crippen LogP contribution in [0.1, 0.15) is 13.8 Å². The molecule has 0 bridgehead atoms. The van der Waals surface area contributed by atoms with Gasteiger partial charge in [-0.15, -0.1) is 0 Å². The zero-order valence-corrected chi connectivity index (χ0v) is 10.8. The second kappa shape index (κ2) is 6.20. The van der Waals surface area contributed by atoms with Crippen molar-refractivity contribution in [2.45, 2.75) is 32.2 Å². The van der Waals surface area contributed by atoms with Crippen LogP contribution in [-0.4, -0.2) is 45.0 Å². The summed E-state index contributed by atoms with van der Waals surface area (Å²) in [6.45, 7) is 2.64. The third-order valence-corrected chi connectivity index (χ3v) is 1.93. The molecule has 0 aliphatic rings. The number of nitrogens with zero attached hydrogens (tertiary/aromatic N) is 3.